The summed E-state index contributed by atoms with van der Waals surface area (Å²) in [6.45, 7) is 0.205. The molecule has 0 N–H and O–H groups in total. The number of rotatable bonds is 7. The number of ketones is 1. The number of nitro groups is 1. The first-order chi connectivity index (χ1) is 14.0. The number of carbonyl (C=O) groups is 1. The van der Waals surface area contributed by atoms with Crippen LogP contribution in [0.4, 0.5) is 10.1 Å². The Morgan fingerprint density at radius 3 is 2.28 bits per heavy atom. The Morgan fingerprint density at radius 1 is 1.07 bits per heavy atom. The number of nitro benzene ring substituents is 1. The quantitative estimate of drug-likeness (QED) is 0.114. The highest BCUT2D eigenvalue weighted by molar-refractivity contribution is 7.77. The maximum absolute atomic E-state index is 13.1. The van der Waals surface area contributed by atoms with Gasteiger partial charge in [0.05, 0.1) is 11.5 Å². The highest BCUT2D eigenvalue weighted by Crippen LogP contribution is 2.17. The molecule has 0 fully saturated rings. The SMILES string of the molecule is O=C(c1ccc([N+](=O)[O-])cc1)[C@@H](C([S-])=NCc1ccc(F)cc1)[n+]1ccccc1. The summed E-state index contributed by atoms with van der Waals surface area (Å²) in [4.78, 5) is 27.8. The molecule has 0 bridgehead atoms. The zero-order valence-corrected chi connectivity index (χ0v) is 16.0. The molecule has 0 aliphatic heterocycles. The standard InChI is InChI=1S/C21H16FN3O3S/c22-17-8-4-15(5-9-17)14-23-21(29)19(24-12-2-1-3-13-24)20(26)16-6-10-18(11-7-16)25(27)28/h1-13,19H,14H2/t19-/m0/s1. The maximum atomic E-state index is 13.1. The van der Waals surface area contributed by atoms with Gasteiger partial charge in [0.2, 0.25) is 11.8 Å². The lowest BCUT2D eigenvalue weighted by Crippen LogP contribution is -2.47. The van der Waals surface area contributed by atoms with E-state index in [1.54, 1.807) is 41.2 Å². The number of non-ortho nitro benzene ring substituents is 1. The molecule has 1 heterocycles. The van der Waals surface area contributed by atoms with Crippen LogP contribution in [0.15, 0.2) is 84.1 Å². The van der Waals surface area contributed by atoms with Gasteiger partial charge in [0.15, 0.2) is 12.4 Å². The van der Waals surface area contributed by atoms with Gasteiger partial charge in [-0.1, -0.05) is 18.2 Å². The Hall–Kier alpha value is -3.52. The topological polar surface area (TPSA) is 76.4 Å². The van der Waals surface area contributed by atoms with Gasteiger partial charge in [-0.25, -0.2) is 4.39 Å². The number of aliphatic imine (C=N–C) groups is 1. The zero-order valence-electron chi connectivity index (χ0n) is 15.1. The maximum Gasteiger partial charge on any atom is 0.269 e. The molecule has 0 spiro atoms. The van der Waals surface area contributed by atoms with E-state index in [1.165, 1.54) is 36.4 Å². The molecule has 6 nitrogen and oxygen atoms in total. The summed E-state index contributed by atoms with van der Waals surface area (Å²) in [6, 6.07) is 15.7. The van der Waals surface area contributed by atoms with Crippen molar-refractivity contribution in [3.63, 3.8) is 0 Å². The second kappa shape index (κ2) is 9.11. The number of hydrogen-bond acceptors (Lipinski definition) is 5. The van der Waals surface area contributed by atoms with Gasteiger partial charge in [-0.2, -0.15) is 4.57 Å². The van der Waals surface area contributed by atoms with E-state index >= 15 is 0 Å². The lowest BCUT2D eigenvalue weighted by Gasteiger charge is -2.18. The van der Waals surface area contributed by atoms with Gasteiger partial charge in [-0.3, -0.25) is 14.9 Å². The molecular weight excluding hydrogens is 393 g/mol. The van der Waals surface area contributed by atoms with Gasteiger partial charge >= 0.3 is 0 Å². The summed E-state index contributed by atoms with van der Waals surface area (Å²) in [5, 5.41) is 11.0. The van der Waals surface area contributed by atoms with Gasteiger partial charge in [0.1, 0.15) is 5.82 Å². The predicted molar refractivity (Wildman–Crippen MR) is 108 cm³/mol. The third-order valence-corrected chi connectivity index (χ3v) is 4.56. The van der Waals surface area contributed by atoms with Crippen molar-refractivity contribution in [1.29, 1.82) is 0 Å². The van der Waals surface area contributed by atoms with Crippen molar-refractivity contribution in [3.05, 3.63) is 106 Å². The number of halogens is 1. The molecule has 3 aromatic rings. The van der Waals surface area contributed by atoms with Crippen molar-refractivity contribution in [1.82, 2.24) is 0 Å². The van der Waals surface area contributed by atoms with Crippen LogP contribution in [0.3, 0.4) is 0 Å². The van der Waals surface area contributed by atoms with E-state index in [1.807, 2.05) is 6.07 Å². The van der Waals surface area contributed by atoms with E-state index in [0.717, 1.165) is 5.56 Å². The first-order valence-corrected chi connectivity index (χ1v) is 9.07. The number of Topliss-reactive ketones (excluding diaryl/α,β-unsaturated/α-hetero) is 1. The van der Waals surface area contributed by atoms with Gasteiger partial charge in [0, 0.05) is 29.8 Å². The fourth-order valence-electron chi connectivity index (χ4n) is 2.71. The second-order valence-corrected chi connectivity index (χ2v) is 6.59. The molecule has 0 saturated heterocycles. The molecule has 0 amide bonds. The lowest BCUT2D eigenvalue weighted by atomic mass is 10.0. The second-order valence-electron chi connectivity index (χ2n) is 6.17. The van der Waals surface area contributed by atoms with Crippen LogP contribution in [0, 0.1) is 15.9 Å². The van der Waals surface area contributed by atoms with Gasteiger partial charge in [0.25, 0.3) is 5.69 Å². The summed E-state index contributed by atoms with van der Waals surface area (Å²) in [6.07, 6.45) is 3.40. The normalized spacial score (nSPS) is 12.4. The van der Waals surface area contributed by atoms with E-state index in [0.29, 0.717) is 0 Å². The van der Waals surface area contributed by atoms with Crippen LogP contribution in [0.5, 0.6) is 0 Å². The van der Waals surface area contributed by atoms with Crippen LogP contribution in [0.2, 0.25) is 0 Å². The lowest BCUT2D eigenvalue weighted by molar-refractivity contribution is -0.691. The van der Waals surface area contributed by atoms with E-state index in [9.17, 15) is 19.3 Å². The smallest absolute Gasteiger partial charge is 0.269 e. The predicted octanol–water partition coefficient (Wildman–Crippen LogP) is 3.59. The van der Waals surface area contributed by atoms with E-state index in [2.05, 4.69) is 4.99 Å². The fourth-order valence-corrected chi connectivity index (χ4v) is 3.00. The van der Waals surface area contributed by atoms with E-state index < -0.39 is 11.0 Å². The molecule has 0 saturated carbocycles. The summed E-state index contributed by atoms with van der Waals surface area (Å²) in [5.41, 5.74) is 0.943. The highest BCUT2D eigenvalue weighted by atomic mass is 32.1. The first kappa shape index (κ1) is 20.2. The number of benzene rings is 2. The molecular formula is C21H16FN3O3S. The van der Waals surface area contributed by atoms with Crippen molar-refractivity contribution in [2.75, 3.05) is 0 Å². The molecule has 0 unspecified atom stereocenters. The molecule has 3 rings (SSSR count). The number of nitrogens with zero attached hydrogens (tertiary/aromatic N) is 3. The van der Waals surface area contributed by atoms with Crippen molar-refractivity contribution in [2.24, 2.45) is 4.99 Å². The molecule has 0 aliphatic carbocycles. The number of carbonyl (C=O) groups excluding carboxylic acids is 1. The largest absolute Gasteiger partial charge is 0.758 e. The van der Waals surface area contributed by atoms with Crippen LogP contribution < -0.4 is 4.57 Å². The van der Waals surface area contributed by atoms with Gasteiger partial charge in [-0.15, -0.1) is 0 Å². The Bertz CT molecular complexity index is 1040. The van der Waals surface area contributed by atoms with Crippen molar-refractivity contribution < 1.29 is 18.7 Å². The van der Waals surface area contributed by atoms with Crippen molar-refractivity contribution in [2.45, 2.75) is 12.6 Å². The van der Waals surface area contributed by atoms with Gasteiger partial charge < -0.3 is 17.6 Å². The van der Waals surface area contributed by atoms with Crippen LogP contribution in [0.25, 0.3) is 0 Å². The molecule has 8 heteroatoms. The molecule has 29 heavy (non-hydrogen) atoms. The summed E-state index contributed by atoms with van der Waals surface area (Å²) < 4.78 is 14.7. The number of pyridine rings is 1. The molecule has 2 aromatic carbocycles. The monoisotopic (exact) mass is 409 g/mol. The van der Waals surface area contributed by atoms with Crippen LogP contribution in [-0.2, 0) is 19.2 Å². The Labute approximate surface area is 171 Å². The fraction of sp³-hybridized carbons (Fsp3) is 0.0952. The molecule has 1 atom stereocenters. The Morgan fingerprint density at radius 2 is 1.69 bits per heavy atom. The average molecular weight is 409 g/mol. The van der Waals surface area contributed by atoms with Crippen molar-refractivity contribution in [3.8, 4) is 0 Å². The van der Waals surface area contributed by atoms with Crippen LogP contribution in [-0.4, -0.2) is 15.8 Å². The Balaban J connectivity index is 1.91. The minimum Gasteiger partial charge on any atom is -0.758 e. The third kappa shape index (κ3) is 5.05. The average Bonchev–Trinajstić information content (AvgIpc) is 2.74. The third-order valence-electron chi connectivity index (χ3n) is 4.21. The van der Waals surface area contributed by atoms with E-state index in [4.69, 9.17) is 12.6 Å². The zero-order chi connectivity index (χ0) is 20.8. The number of aromatic nitrogens is 1. The first-order valence-electron chi connectivity index (χ1n) is 8.66. The number of hydrogen-bond donors (Lipinski definition) is 0. The summed E-state index contributed by atoms with van der Waals surface area (Å²) in [5.74, 6) is -0.675. The highest BCUT2D eigenvalue weighted by Gasteiger charge is 2.28. The summed E-state index contributed by atoms with van der Waals surface area (Å²) in [7, 11) is 0. The van der Waals surface area contributed by atoms with Gasteiger partial charge in [-0.05, 0) is 34.9 Å². The molecule has 0 aliphatic rings. The minimum absolute atomic E-state index is 0.103. The Kier molecular flexibility index (Phi) is 6.36. The molecule has 1 aromatic heterocycles. The molecule has 146 valence electrons. The summed E-state index contributed by atoms with van der Waals surface area (Å²) >= 11 is 5.44. The van der Waals surface area contributed by atoms with Crippen molar-refractivity contribution >= 4 is 29.1 Å². The van der Waals surface area contributed by atoms with E-state index in [-0.39, 0.29) is 34.4 Å². The molecule has 0 radical (unpaired) electrons. The van der Waals surface area contributed by atoms with Crippen LogP contribution >= 0.6 is 0 Å². The minimum atomic E-state index is -0.881. The van der Waals surface area contributed by atoms with Crippen LogP contribution in [0.1, 0.15) is 22.0 Å².